The van der Waals surface area contributed by atoms with Crippen molar-refractivity contribution in [2.24, 2.45) is 0 Å². The molecule has 2 aliphatic heterocycles. The molecule has 15 nitrogen and oxygen atoms in total. The number of esters is 1. The van der Waals surface area contributed by atoms with Gasteiger partial charge in [-0.15, -0.1) is 0 Å². The van der Waals surface area contributed by atoms with Gasteiger partial charge >= 0.3 is 16.4 Å². The quantitative estimate of drug-likeness (QED) is 0.0479. The Kier molecular flexibility index (Phi) is 18.8. The van der Waals surface area contributed by atoms with Crippen LogP contribution in [0.1, 0.15) is 103 Å². The SMILES string of the molecule is CCCCCCCCCCCCCCCCC(=O)O[C@H]1[C@H](O)[C@@H](CO)O[C@H](O[C@H]2[C@H](O)[C@@H](O)[C@H](O)O[C@@H]2CO)[C@@H]1OS(=O)(=O)O. The maximum atomic E-state index is 12.7. The number of carbonyl (C=O) groups is 1. The third-order valence-electron chi connectivity index (χ3n) is 8.16. The molecule has 0 saturated carbocycles. The van der Waals surface area contributed by atoms with E-state index < -0.39 is 91.0 Å². The highest BCUT2D eigenvalue weighted by Crippen LogP contribution is 2.32. The van der Waals surface area contributed by atoms with E-state index in [1.807, 2.05) is 0 Å². The first kappa shape index (κ1) is 40.2. The molecule has 2 aliphatic rings. The van der Waals surface area contributed by atoms with E-state index in [1.54, 1.807) is 0 Å². The molecule has 2 saturated heterocycles. The molecule has 2 heterocycles. The summed E-state index contributed by atoms with van der Waals surface area (Å²) >= 11 is 0. The standard InChI is InChI=1S/C29H54O15S/c1-2-3-4-5-6-7-8-9-10-11-12-13-14-15-16-21(32)42-26-22(33)19(17-30)41-29(27(26)44-45(37,38)39)43-25-20(18-31)40-28(36)24(35)23(25)34/h19-20,22-31,33-36H,2-18H2,1H3,(H,37,38,39)/t19-,20-,22-,23-,24-,25-,26+,27-,28-,29-/m1/s1. The fourth-order valence-corrected chi connectivity index (χ4v) is 6.07. The van der Waals surface area contributed by atoms with E-state index in [9.17, 15) is 48.4 Å². The maximum Gasteiger partial charge on any atom is 0.397 e. The molecule has 2 fully saturated rings. The molecule has 0 aromatic rings. The molecule has 7 N–H and O–H groups in total. The van der Waals surface area contributed by atoms with Crippen molar-refractivity contribution < 1.29 is 71.5 Å². The third-order valence-corrected chi connectivity index (χ3v) is 8.63. The highest BCUT2D eigenvalue weighted by atomic mass is 32.3. The van der Waals surface area contributed by atoms with Crippen LogP contribution < -0.4 is 0 Å². The first-order valence-corrected chi connectivity index (χ1v) is 17.6. The van der Waals surface area contributed by atoms with Crippen LogP contribution in [0.15, 0.2) is 0 Å². The Balaban J connectivity index is 1.89. The third kappa shape index (κ3) is 13.9. The minimum Gasteiger partial charge on any atom is -0.456 e. The molecule has 0 aromatic carbocycles. The van der Waals surface area contributed by atoms with Gasteiger partial charge in [-0.25, -0.2) is 4.18 Å². The summed E-state index contributed by atoms with van der Waals surface area (Å²) in [6.45, 7) is 0.539. The van der Waals surface area contributed by atoms with Crippen molar-refractivity contribution in [3.05, 3.63) is 0 Å². The minimum absolute atomic E-state index is 0.0676. The fraction of sp³-hybridized carbons (Fsp3) is 0.966. The monoisotopic (exact) mass is 674 g/mol. The smallest absolute Gasteiger partial charge is 0.397 e. The van der Waals surface area contributed by atoms with Crippen LogP contribution in [0.4, 0.5) is 0 Å². The summed E-state index contributed by atoms with van der Waals surface area (Å²) in [7, 11) is -5.27. The number of aliphatic hydroxyl groups is 6. The molecule has 0 aliphatic carbocycles. The van der Waals surface area contributed by atoms with Gasteiger partial charge in [0.25, 0.3) is 0 Å². The van der Waals surface area contributed by atoms with E-state index in [2.05, 4.69) is 11.1 Å². The summed E-state index contributed by atoms with van der Waals surface area (Å²) < 4.78 is 58.8. The van der Waals surface area contributed by atoms with Crippen molar-refractivity contribution in [3.63, 3.8) is 0 Å². The average molecular weight is 675 g/mol. The van der Waals surface area contributed by atoms with E-state index in [-0.39, 0.29) is 6.42 Å². The highest BCUT2D eigenvalue weighted by molar-refractivity contribution is 7.80. The van der Waals surface area contributed by atoms with Crippen molar-refractivity contribution in [2.45, 2.75) is 165 Å². The van der Waals surface area contributed by atoms with Gasteiger partial charge in [0.15, 0.2) is 24.8 Å². The maximum absolute atomic E-state index is 12.7. The second-order valence-electron chi connectivity index (χ2n) is 11.8. The van der Waals surface area contributed by atoms with Crippen molar-refractivity contribution in [2.75, 3.05) is 13.2 Å². The number of hydrogen-bond acceptors (Lipinski definition) is 14. The first-order chi connectivity index (χ1) is 21.4. The van der Waals surface area contributed by atoms with E-state index in [0.717, 1.165) is 25.7 Å². The molecule has 0 amide bonds. The average Bonchev–Trinajstić information content (AvgIpc) is 2.99. The number of unbranched alkanes of at least 4 members (excludes halogenated alkanes) is 13. The Morgan fingerprint density at radius 3 is 1.67 bits per heavy atom. The van der Waals surface area contributed by atoms with Crippen molar-refractivity contribution in [3.8, 4) is 0 Å². The van der Waals surface area contributed by atoms with Gasteiger partial charge < -0.3 is 49.6 Å². The number of ether oxygens (including phenoxy) is 4. The van der Waals surface area contributed by atoms with Gasteiger partial charge in [-0.1, -0.05) is 90.4 Å². The molecule has 16 heteroatoms. The van der Waals surface area contributed by atoms with Crippen LogP contribution in [0.3, 0.4) is 0 Å². The lowest BCUT2D eigenvalue weighted by Crippen LogP contribution is -2.65. The molecule has 0 bridgehead atoms. The van der Waals surface area contributed by atoms with Gasteiger partial charge in [0.05, 0.1) is 13.2 Å². The zero-order chi connectivity index (χ0) is 33.4. The first-order valence-electron chi connectivity index (χ1n) is 16.2. The van der Waals surface area contributed by atoms with Crippen LogP contribution in [0.25, 0.3) is 0 Å². The fourth-order valence-electron chi connectivity index (χ4n) is 5.59. The molecule has 266 valence electrons. The van der Waals surface area contributed by atoms with Gasteiger partial charge in [-0.05, 0) is 6.42 Å². The van der Waals surface area contributed by atoms with Gasteiger partial charge in [0, 0.05) is 6.42 Å². The predicted octanol–water partition coefficient (Wildman–Crippen LogP) is 0.852. The van der Waals surface area contributed by atoms with Crippen molar-refractivity contribution >= 4 is 16.4 Å². The molecule has 0 aromatic heterocycles. The zero-order valence-electron chi connectivity index (χ0n) is 26.1. The molecule has 10 atom stereocenters. The summed E-state index contributed by atoms with van der Waals surface area (Å²) in [4.78, 5) is 12.7. The van der Waals surface area contributed by atoms with E-state index >= 15 is 0 Å². The van der Waals surface area contributed by atoms with Crippen LogP contribution in [-0.4, -0.2) is 124 Å². The number of hydrogen-bond donors (Lipinski definition) is 7. The lowest BCUT2D eigenvalue weighted by Gasteiger charge is -2.46. The van der Waals surface area contributed by atoms with Gasteiger partial charge in [0.2, 0.25) is 0 Å². The van der Waals surface area contributed by atoms with Crippen LogP contribution >= 0.6 is 0 Å². The molecular formula is C29H54O15S. The van der Waals surface area contributed by atoms with Crippen LogP contribution in [-0.2, 0) is 38.3 Å². The van der Waals surface area contributed by atoms with Gasteiger partial charge in [0.1, 0.15) is 36.6 Å². The molecule has 0 spiro atoms. The largest absolute Gasteiger partial charge is 0.456 e. The summed E-state index contributed by atoms with van der Waals surface area (Å²) in [5.41, 5.74) is 0. The van der Waals surface area contributed by atoms with Crippen molar-refractivity contribution in [1.29, 1.82) is 0 Å². The van der Waals surface area contributed by atoms with Crippen LogP contribution in [0.2, 0.25) is 0 Å². The van der Waals surface area contributed by atoms with E-state index in [4.69, 9.17) is 18.9 Å². The lowest BCUT2D eigenvalue weighted by molar-refractivity contribution is -0.352. The van der Waals surface area contributed by atoms with Gasteiger partial charge in [-0.2, -0.15) is 8.42 Å². The van der Waals surface area contributed by atoms with E-state index in [0.29, 0.717) is 6.42 Å². The Bertz CT molecular complexity index is 919. The van der Waals surface area contributed by atoms with Gasteiger partial charge in [-0.3, -0.25) is 9.35 Å². The molecular weight excluding hydrogens is 620 g/mol. The molecule has 2 rings (SSSR count). The van der Waals surface area contributed by atoms with E-state index in [1.165, 1.54) is 57.8 Å². The zero-order valence-corrected chi connectivity index (χ0v) is 26.9. The summed E-state index contributed by atoms with van der Waals surface area (Å²) in [5.74, 6) is -0.813. The topological polar surface area (TPSA) is 239 Å². The molecule has 0 unspecified atom stereocenters. The molecule has 0 radical (unpaired) electrons. The summed E-state index contributed by atoms with van der Waals surface area (Å²) in [5, 5.41) is 60.3. The Hall–Kier alpha value is -1.02. The van der Waals surface area contributed by atoms with Crippen LogP contribution in [0, 0.1) is 0 Å². The number of carbonyl (C=O) groups excluding carboxylic acids is 1. The highest BCUT2D eigenvalue weighted by Gasteiger charge is 2.54. The second-order valence-corrected chi connectivity index (χ2v) is 12.9. The molecule has 45 heavy (non-hydrogen) atoms. The second kappa shape index (κ2) is 21.1. The Labute approximate surface area is 265 Å². The summed E-state index contributed by atoms with van der Waals surface area (Å²) in [6.07, 6.45) is -2.30. The number of aliphatic hydroxyl groups excluding tert-OH is 6. The normalized spacial score (nSPS) is 32.4. The van der Waals surface area contributed by atoms with Crippen LogP contribution in [0.5, 0.6) is 0 Å². The minimum atomic E-state index is -5.27. The summed E-state index contributed by atoms with van der Waals surface area (Å²) in [6, 6.07) is 0. The predicted molar refractivity (Wildman–Crippen MR) is 158 cm³/mol. The Morgan fingerprint density at radius 1 is 0.667 bits per heavy atom. The number of rotatable bonds is 22. The lowest BCUT2D eigenvalue weighted by atomic mass is 9.97. The Morgan fingerprint density at radius 2 is 1.18 bits per heavy atom. The van der Waals surface area contributed by atoms with Crippen molar-refractivity contribution in [1.82, 2.24) is 0 Å².